The Balaban J connectivity index is 1.75. The number of urea groups is 1. The van der Waals surface area contributed by atoms with Gasteiger partial charge in [-0.1, -0.05) is 56.5 Å². The molecule has 1 heterocycles. The first-order chi connectivity index (χ1) is 12.7. The van der Waals surface area contributed by atoms with Gasteiger partial charge in [0, 0.05) is 29.7 Å². The molecule has 1 aliphatic heterocycles. The number of unbranched alkanes of at least 4 members (excludes halogenated alkanes) is 3. The molecule has 4 N–H and O–H groups in total. The van der Waals surface area contributed by atoms with Crippen LogP contribution in [0.3, 0.4) is 0 Å². The van der Waals surface area contributed by atoms with E-state index in [1.165, 1.54) is 12.8 Å². The summed E-state index contributed by atoms with van der Waals surface area (Å²) in [5.41, 5.74) is 10.4. The molecule has 136 valence electrons. The molecule has 2 amide bonds. The van der Waals surface area contributed by atoms with E-state index in [2.05, 4.69) is 23.6 Å². The number of nitrogens with one attached hydrogen (secondary N) is 2. The van der Waals surface area contributed by atoms with Gasteiger partial charge in [-0.25, -0.2) is 9.78 Å². The van der Waals surface area contributed by atoms with E-state index in [0.717, 1.165) is 46.3 Å². The van der Waals surface area contributed by atoms with Gasteiger partial charge in [-0.3, -0.25) is 0 Å². The lowest BCUT2D eigenvalue weighted by Gasteiger charge is -2.06. The van der Waals surface area contributed by atoms with E-state index in [1.54, 1.807) is 0 Å². The molecule has 5 nitrogen and oxygen atoms in total. The summed E-state index contributed by atoms with van der Waals surface area (Å²) in [6, 6.07) is 13.6. The maximum atomic E-state index is 12.1. The van der Waals surface area contributed by atoms with Crippen LogP contribution in [-0.4, -0.2) is 17.6 Å². The van der Waals surface area contributed by atoms with Crippen LogP contribution < -0.4 is 16.4 Å². The van der Waals surface area contributed by atoms with Gasteiger partial charge in [0.05, 0.1) is 11.2 Å². The van der Waals surface area contributed by atoms with E-state index in [1.807, 2.05) is 36.4 Å². The Morgan fingerprint density at radius 2 is 1.96 bits per heavy atom. The fraction of sp³-hybridized carbons (Fsp3) is 0.333. The molecule has 0 unspecified atom stereocenters. The largest absolute Gasteiger partial charge is 0.338 e. The fourth-order valence-electron chi connectivity index (χ4n) is 3.16. The third-order valence-corrected chi connectivity index (χ3v) is 4.54. The average molecular weight is 350 g/mol. The van der Waals surface area contributed by atoms with Crippen molar-refractivity contribution in [3.63, 3.8) is 0 Å². The molecule has 0 bridgehead atoms. The van der Waals surface area contributed by atoms with Crippen LogP contribution in [-0.2, 0) is 6.54 Å². The molecule has 5 heteroatoms. The lowest BCUT2D eigenvalue weighted by molar-refractivity contribution is 0.252. The molecule has 0 saturated heterocycles. The van der Waals surface area contributed by atoms with Crippen molar-refractivity contribution in [2.24, 2.45) is 5.73 Å². The van der Waals surface area contributed by atoms with E-state index >= 15 is 0 Å². The van der Waals surface area contributed by atoms with Crippen molar-refractivity contribution >= 4 is 22.6 Å². The minimum atomic E-state index is -0.181. The molecule has 0 aromatic heterocycles. The first-order valence-electron chi connectivity index (χ1n) is 9.29. The van der Waals surface area contributed by atoms with Crippen molar-refractivity contribution in [3.05, 3.63) is 48.0 Å². The molecule has 1 aromatic carbocycles. The molecular weight excluding hydrogens is 324 g/mol. The summed E-state index contributed by atoms with van der Waals surface area (Å²) >= 11 is 0. The SMILES string of the molecule is CCCCCCNC(=O)Nc1cccc2c3cccc(CN)c3nc-2c1. The molecule has 0 radical (unpaired) electrons. The highest BCUT2D eigenvalue weighted by molar-refractivity contribution is 6.00. The van der Waals surface area contributed by atoms with E-state index in [0.29, 0.717) is 13.1 Å². The summed E-state index contributed by atoms with van der Waals surface area (Å²) in [6.07, 6.45) is 4.54. The monoisotopic (exact) mass is 350 g/mol. The number of hydrogen-bond donors (Lipinski definition) is 3. The van der Waals surface area contributed by atoms with E-state index < -0.39 is 0 Å². The van der Waals surface area contributed by atoms with Gasteiger partial charge < -0.3 is 16.4 Å². The fourth-order valence-corrected chi connectivity index (χ4v) is 3.16. The summed E-state index contributed by atoms with van der Waals surface area (Å²) in [5.74, 6) is 0. The number of nitrogens with two attached hydrogens (primary N) is 1. The summed E-state index contributed by atoms with van der Waals surface area (Å²) in [5, 5.41) is 6.90. The Kier molecular flexibility index (Phi) is 6.02. The first kappa shape index (κ1) is 18.1. The second kappa shape index (κ2) is 8.63. The number of amides is 2. The van der Waals surface area contributed by atoms with Gasteiger partial charge >= 0.3 is 6.03 Å². The Morgan fingerprint density at radius 3 is 2.77 bits per heavy atom. The van der Waals surface area contributed by atoms with Crippen molar-refractivity contribution in [3.8, 4) is 11.3 Å². The molecule has 0 atom stereocenters. The van der Waals surface area contributed by atoms with Gasteiger partial charge in [-0.05, 0) is 24.1 Å². The number of nitrogens with zero attached hydrogens (tertiary/aromatic N) is 1. The molecule has 0 saturated carbocycles. The van der Waals surface area contributed by atoms with Gasteiger partial charge in [-0.2, -0.15) is 0 Å². The summed E-state index contributed by atoms with van der Waals surface area (Å²) in [6.45, 7) is 3.32. The highest BCUT2D eigenvalue weighted by atomic mass is 16.2. The van der Waals surface area contributed by atoms with Crippen molar-refractivity contribution in [1.29, 1.82) is 0 Å². The van der Waals surface area contributed by atoms with Crippen molar-refractivity contribution in [2.45, 2.75) is 39.2 Å². The van der Waals surface area contributed by atoms with E-state index in [-0.39, 0.29) is 6.03 Å². The lowest BCUT2D eigenvalue weighted by atomic mass is 10.1. The number of rotatable bonds is 7. The normalized spacial score (nSPS) is 11.0. The van der Waals surface area contributed by atoms with E-state index in [9.17, 15) is 4.79 Å². The number of hydrogen-bond acceptors (Lipinski definition) is 3. The first-order valence-corrected chi connectivity index (χ1v) is 9.29. The third-order valence-electron chi connectivity index (χ3n) is 4.54. The second-order valence-electron chi connectivity index (χ2n) is 6.50. The van der Waals surface area contributed by atoms with Gasteiger partial charge in [0.25, 0.3) is 0 Å². The number of anilines is 1. The predicted octanol–water partition coefficient (Wildman–Crippen LogP) is 4.50. The zero-order valence-corrected chi connectivity index (χ0v) is 15.2. The molecule has 2 aliphatic rings. The molecule has 0 fully saturated rings. The minimum Gasteiger partial charge on any atom is -0.338 e. The topological polar surface area (TPSA) is 80.0 Å². The molecule has 0 spiro atoms. The van der Waals surface area contributed by atoms with Crippen molar-refractivity contribution in [2.75, 3.05) is 11.9 Å². The Hall–Kier alpha value is -2.66. The molecule has 3 rings (SSSR count). The van der Waals surface area contributed by atoms with E-state index in [4.69, 9.17) is 10.7 Å². The second-order valence-corrected chi connectivity index (χ2v) is 6.50. The number of para-hydroxylation sites is 1. The van der Waals surface area contributed by atoms with Crippen LogP contribution in [0.1, 0.15) is 38.2 Å². The van der Waals surface area contributed by atoms with Gasteiger partial charge in [0.1, 0.15) is 0 Å². The summed E-state index contributed by atoms with van der Waals surface area (Å²) in [4.78, 5) is 16.8. The van der Waals surface area contributed by atoms with Crippen molar-refractivity contribution in [1.82, 2.24) is 10.3 Å². The highest BCUT2D eigenvalue weighted by Crippen LogP contribution is 2.33. The van der Waals surface area contributed by atoms with Crippen LogP contribution >= 0.6 is 0 Å². The molecule has 26 heavy (non-hydrogen) atoms. The lowest BCUT2D eigenvalue weighted by Crippen LogP contribution is -2.29. The maximum Gasteiger partial charge on any atom is 0.319 e. The summed E-state index contributed by atoms with van der Waals surface area (Å²) in [7, 11) is 0. The van der Waals surface area contributed by atoms with Crippen LogP contribution in [0.2, 0.25) is 0 Å². The zero-order chi connectivity index (χ0) is 18.4. The molecular formula is C21H26N4O. The van der Waals surface area contributed by atoms with Crippen molar-refractivity contribution < 1.29 is 4.79 Å². The van der Waals surface area contributed by atoms with Crippen LogP contribution in [0, 0.1) is 0 Å². The molecule has 1 aromatic rings. The Labute approximate surface area is 154 Å². The molecule has 1 aliphatic carbocycles. The smallest absolute Gasteiger partial charge is 0.319 e. The quantitative estimate of drug-likeness (QED) is 0.549. The maximum absolute atomic E-state index is 12.1. The average Bonchev–Trinajstić information content (AvgIpc) is 2.86. The zero-order valence-electron chi connectivity index (χ0n) is 15.2. The number of aromatic nitrogens is 1. The number of carbonyl (C=O) groups is 1. The van der Waals surface area contributed by atoms with Crippen LogP contribution in [0.25, 0.3) is 22.2 Å². The predicted molar refractivity (Wildman–Crippen MR) is 107 cm³/mol. The third kappa shape index (κ3) is 4.11. The van der Waals surface area contributed by atoms with Crippen LogP contribution in [0.4, 0.5) is 10.5 Å². The summed E-state index contributed by atoms with van der Waals surface area (Å²) < 4.78 is 0. The number of benzene rings is 1. The highest BCUT2D eigenvalue weighted by Gasteiger charge is 2.13. The van der Waals surface area contributed by atoms with Gasteiger partial charge in [0.2, 0.25) is 0 Å². The minimum absolute atomic E-state index is 0.181. The Bertz CT molecular complexity index is 862. The number of fused-ring (bicyclic) bond motifs is 3. The van der Waals surface area contributed by atoms with Gasteiger partial charge in [0.15, 0.2) is 0 Å². The van der Waals surface area contributed by atoms with Gasteiger partial charge in [-0.15, -0.1) is 0 Å². The number of carbonyl (C=O) groups excluding carboxylic acids is 1. The Morgan fingerprint density at radius 1 is 1.12 bits per heavy atom. The van der Waals surface area contributed by atoms with Crippen LogP contribution in [0.5, 0.6) is 0 Å². The standard InChI is InChI=1S/C21H26N4O/c1-2-3-4-5-12-23-21(26)24-16-9-7-10-17-18-11-6-8-15(14-22)20(18)25-19(17)13-16/h6-11,13H,2-5,12,14,22H2,1H3,(H2,23,24,26). The van der Waals surface area contributed by atoms with Crippen LogP contribution in [0.15, 0.2) is 42.5 Å².